The van der Waals surface area contributed by atoms with Crippen LogP contribution in [0.1, 0.15) is 23.1 Å². The van der Waals surface area contributed by atoms with Crippen LogP contribution >= 0.6 is 0 Å². The molecule has 1 amide bonds. The lowest BCUT2D eigenvalue weighted by Gasteiger charge is -2.06. The fourth-order valence-electron chi connectivity index (χ4n) is 1.66. The smallest absolute Gasteiger partial charge is 0.274 e. The summed E-state index contributed by atoms with van der Waals surface area (Å²) in [5.41, 5.74) is 0.821. The Morgan fingerprint density at radius 1 is 1.42 bits per heavy atom. The summed E-state index contributed by atoms with van der Waals surface area (Å²) in [5.74, 6) is -2.52. The summed E-state index contributed by atoms with van der Waals surface area (Å²) < 4.78 is 27.5. The fourth-order valence-corrected chi connectivity index (χ4v) is 1.66. The standard InChI is InChI=1S/C12H12F2N4O/c1-3-18-9(6-7(2)17-18)12(19)15-8-4-5-10(13)16-11(8)14/h4-6H,3H2,1-2H3,(H,15,19). The number of pyridine rings is 1. The second-order valence-electron chi connectivity index (χ2n) is 3.91. The summed E-state index contributed by atoms with van der Waals surface area (Å²) in [4.78, 5) is 15.0. The van der Waals surface area contributed by atoms with E-state index in [9.17, 15) is 13.6 Å². The molecule has 100 valence electrons. The molecule has 0 fully saturated rings. The lowest BCUT2D eigenvalue weighted by Crippen LogP contribution is -2.18. The molecule has 0 aliphatic heterocycles. The predicted octanol–water partition coefficient (Wildman–Crippen LogP) is 2.14. The molecule has 0 aliphatic carbocycles. The third-order valence-corrected chi connectivity index (χ3v) is 2.50. The molecule has 0 unspecified atom stereocenters. The summed E-state index contributed by atoms with van der Waals surface area (Å²) in [6.07, 6.45) is 0. The van der Waals surface area contributed by atoms with E-state index in [4.69, 9.17) is 0 Å². The number of aryl methyl sites for hydroxylation is 2. The molecule has 0 radical (unpaired) electrons. The van der Waals surface area contributed by atoms with Crippen LogP contribution in [0.3, 0.4) is 0 Å². The van der Waals surface area contributed by atoms with Gasteiger partial charge in [-0.3, -0.25) is 9.48 Å². The monoisotopic (exact) mass is 266 g/mol. The van der Waals surface area contributed by atoms with Crippen molar-refractivity contribution in [3.63, 3.8) is 0 Å². The summed E-state index contributed by atoms with van der Waals surface area (Å²) in [5, 5.41) is 6.45. The minimum absolute atomic E-state index is 0.173. The Morgan fingerprint density at radius 2 is 2.16 bits per heavy atom. The van der Waals surface area contributed by atoms with Gasteiger partial charge in [0, 0.05) is 6.54 Å². The van der Waals surface area contributed by atoms with Crippen molar-refractivity contribution in [1.82, 2.24) is 14.8 Å². The van der Waals surface area contributed by atoms with Crippen molar-refractivity contribution >= 4 is 11.6 Å². The minimum Gasteiger partial charge on any atom is -0.317 e. The van der Waals surface area contributed by atoms with E-state index in [0.717, 1.165) is 12.1 Å². The number of rotatable bonds is 3. The average Bonchev–Trinajstić information content (AvgIpc) is 2.74. The molecule has 2 heterocycles. The first-order chi connectivity index (χ1) is 9.01. The van der Waals surface area contributed by atoms with Gasteiger partial charge in [0.2, 0.25) is 11.9 Å². The van der Waals surface area contributed by atoms with Crippen molar-refractivity contribution in [1.29, 1.82) is 0 Å². The molecule has 2 aromatic heterocycles. The Labute approximate surface area is 108 Å². The molecule has 7 heteroatoms. The van der Waals surface area contributed by atoms with Gasteiger partial charge in [0.25, 0.3) is 5.91 Å². The van der Waals surface area contributed by atoms with E-state index >= 15 is 0 Å². The van der Waals surface area contributed by atoms with E-state index in [0.29, 0.717) is 17.9 Å². The van der Waals surface area contributed by atoms with Crippen molar-refractivity contribution in [3.8, 4) is 0 Å². The molecule has 0 bridgehead atoms. The predicted molar refractivity (Wildman–Crippen MR) is 64.7 cm³/mol. The van der Waals surface area contributed by atoms with E-state index in [1.165, 1.54) is 4.68 Å². The Kier molecular flexibility index (Phi) is 3.55. The molecule has 2 rings (SSSR count). The highest BCUT2D eigenvalue weighted by Crippen LogP contribution is 2.14. The molecular formula is C12H12F2N4O. The molecule has 0 saturated heterocycles. The van der Waals surface area contributed by atoms with Gasteiger partial charge in [-0.2, -0.15) is 18.9 Å². The first-order valence-corrected chi connectivity index (χ1v) is 5.69. The maximum absolute atomic E-state index is 13.3. The zero-order chi connectivity index (χ0) is 14.0. The molecule has 5 nitrogen and oxygen atoms in total. The van der Waals surface area contributed by atoms with Crippen LogP contribution in [0, 0.1) is 18.8 Å². The average molecular weight is 266 g/mol. The second-order valence-corrected chi connectivity index (χ2v) is 3.91. The largest absolute Gasteiger partial charge is 0.317 e. The zero-order valence-electron chi connectivity index (χ0n) is 10.4. The van der Waals surface area contributed by atoms with Crippen molar-refractivity contribution in [2.24, 2.45) is 0 Å². The van der Waals surface area contributed by atoms with E-state index in [2.05, 4.69) is 15.4 Å². The molecule has 0 atom stereocenters. The highest BCUT2D eigenvalue weighted by Gasteiger charge is 2.15. The van der Waals surface area contributed by atoms with Crippen molar-refractivity contribution in [3.05, 3.63) is 41.5 Å². The molecular weight excluding hydrogens is 254 g/mol. The van der Waals surface area contributed by atoms with Gasteiger partial charge in [-0.25, -0.2) is 0 Å². The number of hydrogen-bond donors (Lipinski definition) is 1. The molecule has 0 aliphatic rings. The van der Waals surface area contributed by atoms with Crippen LogP contribution < -0.4 is 5.32 Å². The van der Waals surface area contributed by atoms with Gasteiger partial charge in [0.15, 0.2) is 0 Å². The van der Waals surface area contributed by atoms with Crippen LogP contribution in [0.5, 0.6) is 0 Å². The van der Waals surface area contributed by atoms with E-state index in [-0.39, 0.29) is 5.69 Å². The highest BCUT2D eigenvalue weighted by atomic mass is 19.1. The van der Waals surface area contributed by atoms with Gasteiger partial charge in [-0.05, 0) is 32.0 Å². The van der Waals surface area contributed by atoms with Gasteiger partial charge in [0.1, 0.15) is 5.69 Å². The number of anilines is 1. The Hall–Kier alpha value is -2.31. The van der Waals surface area contributed by atoms with Crippen LogP contribution in [0.15, 0.2) is 18.2 Å². The lowest BCUT2D eigenvalue weighted by atomic mass is 10.3. The summed E-state index contributed by atoms with van der Waals surface area (Å²) in [6.45, 7) is 4.10. The lowest BCUT2D eigenvalue weighted by molar-refractivity contribution is 0.101. The number of carbonyl (C=O) groups is 1. The summed E-state index contributed by atoms with van der Waals surface area (Å²) in [7, 11) is 0. The van der Waals surface area contributed by atoms with Gasteiger partial charge in [0.05, 0.1) is 11.4 Å². The third-order valence-electron chi connectivity index (χ3n) is 2.50. The van der Waals surface area contributed by atoms with E-state index in [1.54, 1.807) is 13.0 Å². The fraction of sp³-hybridized carbons (Fsp3) is 0.250. The maximum Gasteiger partial charge on any atom is 0.274 e. The van der Waals surface area contributed by atoms with Crippen LogP contribution in [0.25, 0.3) is 0 Å². The second kappa shape index (κ2) is 5.13. The molecule has 2 aromatic rings. The van der Waals surface area contributed by atoms with Crippen LogP contribution in [-0.4, -0.2) is 20.7 Å². The molecule has 0 spiro atoms. The Bertz CT molecular complexity index is 624. The SMILES string of the molecule is CCn1nc(C)cc1C(=O)Nc1ccc(F)nc1F. The normalized spacial score (nSPS) is 10.5. The van der Waals surface area contributed by atoms with Crippen molar-refractivity contribution in [2.75, 3.05) is 5.32 Å². The molecule has 0 aromatic carbocycles. The number of halogens is 2. The molecule has 19 heavy (non-hydrogen) atoms. The number of aromatic nitrogens is 3. The van der Waals surface area contributed by atoms with Crippen molar-refractivity contribution in [2.45, 2.75) is 20.4 Å². The Balaban J connectivity index is 2.25. The number of nitrogens with zero attached hydrogens (tertiary/aromatic N) is 3. The van der Waals surface area contributed by atoms with E-state index in [1.807, 2.05) is 6.92 Å². The quantitative estimate of drug-likeness (QED) is 0.866. The first-order valence-electron chi connectivity index (χ1n) is 5.69. The Morgan fingerprint density at radius 3 is 2.79 bits per heavy atom. The van der Waals surface area contributed by atoms with Gasteiger partial charge in [-0.15, -0.1) is 0 Å². The van der Waals surface area contributed by atoms with Gasteiger partial charge < -0.3 is 5.32 Å². The van der Waals surface area contributed by atoms with Crippen LogP contribution in [0.4, 0.5) is 14.5 Å². The number of amides is 1. The van der Waals surface area contributed by atoms with Gasteiger partial charge >= 0.3 is 0 Å². The number of hydrogen-bond acceptors (Lipinski definition) is 3. The molecule has 0 saturated carbocycles. The summed E-state index contributed by atoms with van der Waals surface area (Å²) in [6, 6.07) is 3.68. The topological polar surface area (TPSA) is 59.8 Å². The number of nitrogens with one attached hydrogen (secondary N) is 1. The zero-order valence-corrected chi connectivity index (χ0v) is 10.4. The van der Waals surface area contributed by atoms with Crippen molar-refractivity contribution < 1.29 is 13.6 Å². The van der Waals surface area contributed by atoms with Gasteiger partial charge in [-0.1, -0.05) is 0 Å². The summed E-state index contributed by atoms with van der Waals surface area (Å²) >= 11 is 0. The van der Waals surface area contributed by atoms with E-state index < -0.39 is 17.8 Å². The first kappa shape index (κ1) is 13.1. The highest BCUT2D eigenvalue weighted by molar-refractivity contribution is 6.03. The molecule has 1 N–H and O–H groups in total. The van der Waals surface area contributed by atoms with Crippen LogP contribution in [-0.2, 0) is 6.54 Å². The van der Waals surface area contributed by atoms with Crippen LogP contribution in [0.2, 0.25) is 0 Å². The maximum atomic E-state index is 13.3. The third kappa shape index (κ3) is 2.75. The number of carbonyl (C=O) groups excluding carboxylic acids is 1. The minimum atomic E-state index is -1.06.